The summed E-state index contributed by atoms with van der Waals surface area (Å²) in [5.74, 6) is -0.297. The maximum absolute atomic E-state index is 10.5. The van der Waals surface area contributed by atoms with E-state index < -0.39 is 0 Å². The summed E-state index contributed by atoms with van der Waals surface area (Å²) in [7, 11) is 1.77. The van der Waals surface area contributed by atoms with Gasteiger partial charge in [0, 0.05) is 26.4 Å². The first-order chi connectivity index (χ1) is 6.20. The number of esters is 1. The minimum Gasteiger partial charge on any atom is -0.459 e. The van der Waals surface area contributed by atoms with E-state index in [2.05, 4.69) is 10.3 Å². The Bertz CT molecular complexity index is 210. The summed E-state index contributed by atoms with van der Waals surface area (Å²) in [6.07, 6.45) is 4.34. The van der Waals surface area contributed by atoms with Crippen molar-refractivity contribution in [2.75, 3.05) is 13.7 Å². The van der Waals surface area contributed by atoms with Crippen molar-refractivity contribution < 1.29 is 9.53 Å². The molecular weight excluding hydrogens is 168 g/mol. The van der Waals surface area contributed by atoms with Crippen LogP contribution in [0.5, 0.6) is 0 Å². The highest BCUT2D eigenvalue weighted by atomic mass is 16.5. The Hall–Kier alpha value is -1.32. The fourth-order valence-electron chi connectivity index (χ4n) is 0.667. The number of ether oxygens (including phenoxy) is 1. The van der Waals surface area contributed by atoms with E-state index in [9.17, 15) is 4.79 Å². The van der Waals surface area contributed by atoms with E-state index in [0.717, 1.165) is 6.42 Å². The van der Waals surface area contributed by atoms with Crippen LogP contribution in [0.25, 0.3) is 0 Å². The standard InChI is InChI=1S/C9H16N2O2/c1-4-5-11-9(6-10-3)7-13-8(2)12/h5-6,10H,4,7H2,1-3H3/b9-6-,11-5?. The van der Waals surface area contributed by atoms with Crippen LogP contribution < -0.4 is 5.32 Å². The molecule has 0 radical (unpaired) electrons. The van der Waals surface area contributed by atoms with Crippen LogP contribution in [-0.4, -0.2) is 25.8 Å². The highest BCUT2D eigenvalue weighted by molar-refractivity contribution is 5.66. The average Bonchev–Trinajstić information content (AvgIpc) is 2.09. The van der Waals surface area contributed by atoms with Crippen LogP contribution in [0.15, 0.2) is 16.9 Å². The summed E-state index contributed by atoms with van der Waals surface area (Å²) >= 11 is 0. The Kier molecular flexibility index (Phi) is 6.59. The van der Waals surface area contributed by atoms with E-state index in [4.69, 9.17) is 4.74 Å². The molecule has 0 heterocycles. The molecule has 0 rings (SSSR count). The van der Waals surface area contributed by atoms with Crippen LogP contribution in [0.4, 0.5) is 0 Å². The monoisotopic (exact) mass is 184 g/mol. The molecule has 0 unspecified atom stereocenters. The van der Waals surface area contributed by atoms with Crippen molar-refractivity contribution in [3.63, 3.8) is 0 Å². The molecule has 0 amide bonds. The number of hydrogen-bond donors (Lipinski definition) is 1. The minimum absolute atomic E-state index is 0.215. The van der Waals surface area contributed by atoms with Crippen LogP contribution in [0.2, 0.25) is 0 Å². The number of aliphatic imine (C=N–C) groups is 1. The molecule has 0 spiro atoms. The maximum atomic E-state index is 10.5. The average molecular weight is 184 g/mol. The number of carbonyl (C=O) groups excluding carboxylic acids is 1. The van der Waals surface area contributed by atoms with Crippen LogP contribution in [0, 0.1) is 0 Å². The lowest BCUT2D eigenvalue weighted by molar-refractivity contribution is -0.139. The lowest BCUT2D eigenvalue weighted by Crippen LogP contribution is -2.05. The molecule has 0 bridgehead atoms. The van der Waals surface area contributed by atoms with Gasteiger partial charge in [-0.05, 0) is 6.42 Å². The lowest BCUT2D eigenvalue weighted by Gasteiger charge is -2.01. The molecule has 0 fully saturated rings. The van der Waals surface area contributed by atoms with Gasteiger partial charge in [-0.3, -0.25) is 9.79 Å². The molecule has 0 aromatic heterocycles. The molecular formula is C9H16N2O2. The van der Waals surface area contributed by atoms with Crippen LogP contribution >= 0.6 is 0 Å². The fraction of sp³-hybridized carbons (Fsp3) is 0.556. The lowest BCUT2D eigenvalue weighted by atomic mass is 10.5. The summed E-state index contributed by atoms with van der Waals surface area (Å²) in [6.45, 7) is 3.58. The van der Waals surface area contributed by atoms with Crippen molar-refractivity contribution in [1.82, 2.24) is 5.32 Å². The SMILES string of the molecule is CCC=N/C(=C\NC)COC(C)=O. The Morgan fingerprint density at radius 3 is 2.77 bits per heavy atom. The van der Waals surface area contributed by atoms with E-state index in [1.807, 2.05) is 6.92 Å². The van der Waals surface area contributed by atoms with Gasteiger partial charge in [0.05, 0.1) is 5.70 Å². The van der Waals surface area contributed by atoms with Gasteiger partial charge in [0.1, 0.15) is 6.61 Å². The number of rotatable bonds is 5. The molecule has 0 aliphatic carbocycles. The Labute approximate surface area is 78.7 Å². The predicted molar refractivity (Wildman–Crippen MR) is 52.6 cm³/mol. The molecule has 4 nitrogen and oxygen atoms in total. The van der Waals surface area contributed by atoms with Gasteiger partial charge in [-0.2, -0.15) is 0 Å². The summed E-state index contributed by atoms with van der Waals surface area (Å²) in [4.78, 5) is 14.6. The van der Waals surface area contributed by atoms with Gasteiger partial charge >= 0.3 is 5.97 Å². The molecule has 4 heteroatoms. The smallest absolute Gasteiger partial charge is 0.303 e. The summed E-state index contributed by atoms with van der Waals surface area (Å²) in [6, 6.07) is 0. The Morgan fingerprint density at radius 1 is 1.62 bits per heavy atom. The summed E-state index contributed by atoms with van der Waals surface area (Å²) in [5.41, 5.74) is 0.708. The van der Waals surface area contributed by atoms with E-state index in [0.29, 0.717) is 5.70 Å². The zero-order valence-corrected chi connectivity index (χ0v) is 8.33. The van der Waals surface area contributed by atoms with Crippen molar-refractivity contribution in [2.24, 2.45) is 4.99 Å². The number of nitrogens with zero attached hydrogens (tertiary/aromatic N) is 1. The second-order valence-electron chi connectivity index (χ2n) is 2.42. The van der Waals surface area contributed by atoms with Crippen molar-refractivity contribution in [3.8, 4) is 0 Å². The van der Waals surface area contributed by atoms with Crippen LogP contribution in [0.1, 0.15) is 20.3 Å². The third kappa shape index (κ3) is 7.05. The molecule has 0 atom stereocenters. The second-order valence-corrected chi connectivity index (χ2v) is 2.42. The Balaban J connectivity index is 4.03. The van der Waals surface area contributed by atoms with Crippen molar-refractivity contribution in [1.29, 1.82) is 0 Å². The topological polar surface area (TPSA) is 50.7 Å². The summed E-state index contributed by atoms with van der Waals surface area (Å²) < 4.78 is 4.79. The highest BCUT2D eigenvalue weighted by Gasteiger charge is 1.96. The largest absolute Gasteiger partial charge is 0.459 e. The van der Waals surface area contributed by atoms with Gasteiger partial charge in [-0.25, -0.2) is 0 Å². The van der Waals surface area contributed by atoms with Crippen LogP contribution in [-0.2, 0) is 9.53 Å². The van der Waals surface area contributed by atoms with Gasteiger partial charge in [-0.15, -0.1) is 0 Å². The molecule has 13 heavy (non-hydrogen) atoms. The quantitative estimate of drug-likeness (QED) is 0.514. The third-order valence-corrected chi connectivity index (χ3v) is 1.17. The number of carbonyl (C=O) groups is 1. The number of hydrogen-bond acceptors (Lipinski definition) is 4. The normalized spacial score (nSPS) is 11.8. The maximum Gasteiger partial charge on any atom is 0.303 e. The highest BCUT2D eigenvalue weighted by Crippen LogP contribution is 1.96. The zero-order valence-electron chi connectivity index (χ0n) is 8.33. The molecule has 0 aliphatic heterocycles. The van der Waals surface area contributed by atoms with Gasteiger partial charge in [0.25, 0.3) is 0 Å². The van der Waals surface area contributed by atoms with Gasteiger partial charge < -0.3 is 10.1 Å². The minimum atomic E-state index is -0.297. The molecule has 1 N–H and O–H groups in total. The molecule has 0 aliphatic rings. The third-order valence-electron chi connectivity index (χ3n) is 1.17. The van der Waals surface area contributed by atoms with E-state index >= 15 is 0 Å². The zero-order chi connectivity index (χ0) is 10.1. The molecule has 0 saturated heterocycles. The van der Waals surface area contributed by atoms with Gasteiger partial charge in [0.15, 0.2) is 0 Å². The molecule has 0 aromatic carbocycles. The van der Waals surface area contributed by atoms with Crippen LogP contribution in [0.3, 0.4) is 0 Å². The fourth-order valence-corrected chi connectivity index (χ4v) is 0.667. The summed E-state index contributed by atoms with van der Waals surface area (Å²) in [5, 5.41) is 2.83. The van der Waals surface area contributed by atoms with Gasteiger partial charge in [-0.1, -0.05) is 6.92 Å². The van der Waals surface area contributed by atoms with Crippen molar-refractivity contribution >= 4 is 12.2 Å². The number of nitrogens with one attached hydrogen (secondary N) is 1. The van der Waals surface area contributed by atoms with Crippen molar-refractivity contribution in [2.45, 2.75) is 20.3 Å². The Morgan fingerprint density at radius 2 is 2.31 bits per heavy atom. The van der Waals surface area contributed by atoms with Gasteiger partial charge in [0.2, 0.25) is 0 Å². The molecule has 74 valence electrons. The molecule has 0 aromatic rings. The first kappa shape index (κ1) is 11.7. The first-order valence-corrected chi connectivity index (χ1v) is 4.22. The first-order valence-electron chi connectivity index (χ1n) is 4.22. The predicted octanol–water partition coefficient (Wildman–Crippen LogP) is 1.09. The van der Waals surface area contributed by atoms with E-state index in [1.54, 1.807) is 19.5 Å². The second kappa shape index (κ2) is 7.34. The molecule has 0 saturated carbocycles. The van der Waals surface area contributed by atoms with Crippen molar-refractivity contribution in [3.05, 3.63) is 11.9 Å². The van der Waals surface area contributed by atoms with E-state index in [1.165, 1.54) is 6.92 Å². The van der Waals surface area contributed by atoms with E-state index in [-0.39, 0.29) is 12.6 Å².